The van der Waals surface area contributed by atoms with Crippen molar-refractivity contribution >= 4 is 61.1 Å². The maximum Gasteiger partial charge on any atom is 0.297 e. The number of piperidine rings is 1. The Morgan fingerprint density at radius 2 is 1.72 bits per heavy atom. The third-order valence-electron chi connectivity index (χ3n) is 18.7. The summed E-state index contributed by atoms with van der Waals surface area (Å²) in [7, 11) is -4.72. The van der Waals surface area contributed by atoms with Crippen LogP contribution in [0.15, 0.2) is 90.1 Å². The Morgan fingerprint density at radius 3 is 2.55 bits per heavy atom. The summed E-state index contributed by atoms with van der Waals surface area (Å²) in [5.74, 6) is 0.573. The fraction of sp³-hybridized carbons (Fsp3) is 0.492. The summed E-state index contributed by atoms with van der Waals surface area (Å²) >= 11 is 0. The van der Waals surface area contributed by atoms with Crippen LogP contribution in [0.1, 0.15) is 92.0 Å². The molecule has 7 aliphatic heterocycles. The molecule has 22 heteroatoms. The lowest BCUT2D eigenvalue weighted by atomic mass is 9.59. The minimum atomic E-state index is -4.72. The number of H-pyrrole nitrogens is 1. The standard InChI is InChI=1S/C61H70N10O11S/c1-37(2)81-54-6-4-3-5-43(54)53-33-68(48-10-18-62-46-13-25-78-34-45(46)48)21-22-69(53)41-31-61(32-41)15-19-67(20-16-61)40-7-8-44(50(28-40)70-49-14-26-79-36-56(49)82-60-52(70)27-39-9-17-63-58(39)65-60)59(72)66-83(75,76)42-29-51(71(73)74)57-55(30-42)80-35-47(64-57)38-11-23-77-24-12-38/h3-10,17-18,27-30,37-38,41,47,49,53,56,64H,11-16,19-26,31-36H2,1-2H3,(H,63,65)(H,66,72)/t47-,49-,53-,56-/m0/s1. The number of benzene rings is 3. The van der Waals surface area contributed by atoms with Gasteiger partial charge in [-0.05, 0) is 113 Å². The topological polar surface area (TPSA) is 228 Å². The summed E-state index contributed by atoms with van der Waals surface area (Å²) in [6, 6.07) is 22.4. The summed E-state index contributed by atoms with van der Waals surface area (Å²) in [6.45, 7) is 11.7. The van der Waals surface area contributed by atoms with E-state index < -0.39 is 37.5 Å². The van der Waals surface area contributed by atoms with E-state index in [4.69, 9.17) is 38.4 Å². The number of nitro groups is 1. The molecule has 0 unspecified atom stereocenters. The van der Waals surface area contributed by atoms with Crippen LogP contribution in [0.4, 0.5) is 34.1 Å². The number of aromatic amines is 1. The lowest BCUT2D eigenvalue weighted by Gasteiger charge is -2.58. The normalized spacial score (nSPS) is 23.7. The number of nitrogens with zero attached hydrogens (tertiary/aromatic N) is 7. The van der Waals surface area contributed by atoms with Gasteiger partial charge in [-0.1, -0.05) is 18.2 Å². The SMILES string of the molecule is CC(C)Oc1ccccc1[C@@H]1CN(c2ccnc3c2COCC3)CCN1C1CC2(CCN(c3ccc(C(=O)NS(=O)(=O)c4cc5c(c([N+](=O)[O-])c4)N[C@H](C4CCOCC4)CO5)c(N4c5cc6cc[nH]c6nc5O[C@H]5COCC[C@@H]54)c3)CC2)C1. The minimum absolute atomic E-state index is 0.0241. The Balaban J connectivity index is 0.743. The summed E-state index contributed by atoms with van der Waals surface area (Å²) < 4.78 is 67.9. The second kappa shape index (κ2) is 21.7. The average Bonchev–Trinajstić information content (AvgIpc) is 4.22. The van der Waals surface area contributed by atoms with Gasteiger partial charge in [-0.3, -0.25) is 24.8 Å². The van der Waals surface area contributed by atoms with Crippen LogP contribution in [0.5, 0.6) is 17.4 Å². The van der Waals surface area contributed by atoms with E-state index in [1.807, 2.05) is 36.7 Å². The number of hydrogen-bond acceptors (Lipinski definition) is 18. The van der Waals surface area contributed by atoms with E-state index in [2.05, 4.69) is 78.8 Å². The van der Waals surface area contributed by atoms with E-state index in [0.29, 0.717) is 68.4 Å². The summed E-state index contributed by atoms with van der Waals surface area (Å²) in [6.07, 6.45) is 10.4. The zero-order valence-corrected chi connectivity index (χ0v) is 47.6. The largest absolute Gasteiger partial charge is 0.491 e. The van der Waals surface area contributed by atoms with Gasteiger partial charge >= 0.3 is 0 Å². The number of pyridine rings is 2. The van der Waals surface area contributed by atoms with Crippen molar-refractivity contribution in [1.29, 1.82) is 0 Å². The van der Waals surface area contributed by atoms with Crippen molar-refractivity contribution < 1.29 is 46.6 Å². The van der Waals surface area contributed by atoms with E-state index in [0.717, 1.165) is 106 Å². The van der Waals surface area contributed by atoms with Crippen LogP contribution in [-0.2, 0) is 37.3 Å². The highest BCUT2D eigenvalue weighted by Gasteiger charge is 2.51. The predicted octanol–water partition coefficient (Wildman–Crippen LogP) is 8.44. The van der Waals surface area contributed by atoms with Crippen LogP contribution < -0.4 is 38.9 Å². The highest BCUT2D eigenvalue weighted by Crippen LogP contribution is 2.54. The van der Waals surface area contributed by atoms with Gasteiger partial charge in [0.25, 0.3) is 21.6 Å². The Bertz CT molecular complexity index is 3580. The molecular formula is C61H70N10O11S. The van der Waals surface area contributed by atoms with Gasteiger partial charge in [0.05, 0.1) is 70.8 Å². The molecule has 436 valence electrons. The van der Waals surface area contributed by atoms with Gasteiger partial charge in [0.2, 0.25) is 5.88 Å². The van der Waals surface area contributed by atoms with Crippen molar-refractivity contribution in [1.82, 2.24) is 24.6 Å². The number of anilines is 5. The number of nitrogens with one attached hydrogen (secondary N) is 3. The molecule has 10 heterocycles. The minimum Gasteiger partial charge on any atom is -0.491 e. The lowest BCUT2D eigenvalue weighted by Crippen LogP contribution is -2.60. The van der Waals surface area contributed by atoms with Gasteiger partial charge in [-0.2, -0.15) is 4.98 Å². The smallest absolute Gasteiger partial charge is 0.297 e. The molecule has 0 radical (unpaired) electrons. The van der Waals surface area contributed by atoms with Crippen LogP contribution in [-0.4, -0.2) is 142 Å². The van der Waals surface area contributed by atoms with Crippen molar-refractivity contribution in [2.45, 2.75) is 113 Å². The molecule has 0 bridgehead atoms. The van der Waals surface area contributed by atoms with Gasteiger partial charge in [0.1, 0.15) is 29.8 Å². The molecule has 4 atom stereocenters. The Morgan fingerprint density at radius 1 is 0.892 bits per heavy atom. The molecule has 3 aromatic carbocycles. The number of ether oxygens (including phenoxy) is 6. The summed E-state index contributed by atoms with van der Waals surface area (Å²) in [5, 5.41) is 16.7. The first-order valence-corrected chi connectivity index (χ1v) is 30.9. The Labute approximate surface area is 482 Å². The van der Waals surface area contributed by atoms with Gasteiger partial charge in [0.15, 0.2) is 11.4 Å². The van der Waals surface area contributed by atoms with Gasteiger partial charge in [-0.25, -0.2) is 13.1 Å². The number of para-hydroxylation sites is 1. The molecule has 14 rings (SSSR count). The predicted molar refractivity (Wildman–Crippen MR) is 311 cm³/mol. The zero-order chi connectivity index (χ0) is 56.6. The number of carbonyl (C=O) groups is 1. The molecule has 3 aromatic heterocycles. The van der Waals surface area contributed by atoms with Crippen LogP contribution in [0, 0.1) is 21.4 Å². The first-order chi connectivity index (χ1) is 40.3. The van der Waals surface area contributed by atoms with Crippen LogP contribution >= 0.6 is 0 Å². The fourth-order valence-corrected chi connectivity index (χ4v) is 15.4. The van der Waals surface area contributed by atoms with Crippen molar-refractivity contribution in [3.05, 3.63) is 118 Å². The van der Waals surface area contributed by atoms with Crippen molar-refractivity contribution in [3.63, 3.8) is 0 Å². The molecule has 3 N–H and O–H groups in total. The number of carbonyl (C=O) groups excluding carboxylic acids is 1. The first kappa shape index (κ1) is 53.7. The van der Waals surface area contributed by atoms with Crippen molar-refractivity contribution in [2.75, 3.05) is 92.4 Å². The number of piperazine rings is 1. The number of aromatic nitrogens is 3. The highest BCUT2D eigenvalue weighted by atomic mass is 32.2. The number of nitro benzene ring substituents is 1. The second-order valence-corrected chi connectivity index (χ2v) is 25.6. The quantitative estimate of drug-likeness (QED) is 0.0771. The van der Waals surface area contributed by atoms with E-state index >= 15 is 0 Å². The zero-order valence-electron chi connectivity index (χ0n) is 46.8. The molecule has 6 aromatic rings. The Hall–Kier alpha value is -7.24. The number of sulfonamides is 1. The molecule has 4 saturated heterocycles. The molecule has 21 nitrogen and oxygen atoms in total. The maximum atomic E-state index is 15.0. The fourth-order valence-electron chi connectivity index (χ4n) is 14.4. The Kier molecular flexibility index (Phi) is 14.1. The third kappa shape index (κ3) is 10.1. The summed E-state index contributed by atoms with van der Waals surface area (Å²) in [5.41, 5.74) is 7.31. The van der Waals surface area contributed by atoms with Crippen molar-refractivity contribution in [2.24, 2.45) is 11.3 Å². The van der Waals surface area contributed by atoms with E-state index in [1.54, 1.807) is 6.07 Å². The van der Waals surface area contributed by atoms with Gasteiger partial charge in [0, 0.05) is 117 Å². The van der Waals surface area contributed by atoms with Gasteiger partial charge < -0.3 is 53.4 Å². The monoisotopic (exact) mass is 1150 g/mol. The molecule has 83 heavy (non-hydrogen) atoms. The molecule has 8 aliphatic rings. The van der Waals surface area contributed by atoms with Crippen LogP contribution in [0.25, 0.3) is 11.0 Å². The van der Waals surface area contributed by atoms with Gasteiger partial charge in [-0.15, -0.1) is 0 Å². The number of hydrogen-bond donors (Lipinski definition) is 3. The molecule has 1 spiro atoms. The maximum absolute atomic E-state index is 15.0. The summed E-state index contributed by atoms with van der Waals surface area (Å²) in [4.78, 5) is 49.0. The molecule has 1 aliphatic carbocycles. The first-order valence-electron chi connectivity index (χ1n) is 29.4. The second-order valence-electron chi connectivity index (χ2n) is 23.9. The molecule has 5 fully saturated rings. The van der Waals surface area contributed by atoms with E-state index in [9.17, 15) is 23.3 Å². The highest BCUT2D eigenvalue weighted by molar-refractivity contribution is 7.90. The lowest BCUT2D eigenvalue weighted by molar-refractivity contribution is -0.384. The third-order valence-corrected chi connectivity index (χ3v) is 20.0. The van der Waals surface area contributed by atoms with Crippen LogP contribution in [0.2, 0.25) is 0 Å². The van der Waals surface area contributed by atoms with Crippen LogP contribution in [0.3, 0.4) is 0 Å². The van der Waals surface area contributed by atoms with E-state index in [1.165, 1.54) is 22.9 Å². The number of fused-ring (bicyclic) bond motifs is 5. The number of amides is 1. The van der Waals surface area contributed by atoms with E-state index in [-0.39, 0.29) is 65.8 Å². The molecular weight excluding hydrogens is 1080 g/mol. The number of rotatable bonds is 12. The molecule has 1 saturated carbocycles. The molecule has 1 amide bonds. The van der Waals surface area contributed by atoms with Crippen molar-refractivity contribution in [3.8, 4) is 17.4 Å². The average molecular weight is 1150 g/mol.